The third-order valence-corrected chi connectivity index (χ3v) is 7.36. The maximum atomic E-state index is 13.2. The second-order valence-electron chi connectivity index (χ2n) is 9.17. The Balaban J connectivity index is 1.17. The average Bonchev–Trinajstić information content (AvgIpc) is 3.42. The number of imide groups is 1. The number of methoxy groups -OCH3 is 1. The lowest BCUT2D eigenvalue weighted by Gasteiger charge is -2.44. The Kier molecular flexibility index (Phi) is 4.90. The average molecular weight is 450 g/mol. The molecule has 0 aliphatic carbocycles. The number of hydrogen-bond acceptors (Lipinski definition) is 6. The summed E-state index contributed by atoms with van der Waals surface area (Å²) < 4.78 is 16.2. The van der Waals surface area contributed by atoms with Crippen LogP contribution in [0.3, 0.4) is 0 Å². The van der Waals surface area contributed by atoms with Gasteiger partial charge in [0.1, 0.15) is 12.3 Å². The van der Waals surface area contributed by atoms with E-state index >= 15 is 0 Å². The lowest BCUT2D eigenvalue weighted by Crippen LogP contribution is -2.45. The maximum Gasteiger partial charge on any atom is 0.331 e. The van der Waals surface area contributed by atoms with Gasteiger partial charge < -0.3 is 14.2 Å². The van der Waals surface area contributed by atoms with Crippen LogP contribution in [0.25, 0.3) is 0 Å². The quantitative estimate of drug-likeness (QED) is 0.668. The van der Waals surface area contributed by atoms with Crippen LogP contribution in [0.4, 0.5) is 10.5 Å². The zero-order valence-corrected chi connectivity index (χ0v) is 18.7. The van der Waals surface area contributed by atoms with E-state index in [0.29, 0.717) is 29.8 Å². The molecule has 0 aromatic heterocycles. The van der Waals surface area contributed by atoms with Gasteiger partial charge in [0.15, 0.2) is 11.5 Å². The van der Waals surface area contributed by atoms with E-state index in [0.717, 1.165) is 38.1 Å². The van der Waals surface area contributed by atoms with Crippen LogP contribution in [0, 0.1) is 5.92 Å². The van der Waals surface area contributed by atoms with Crippen molar-refractivity contribution in [1.82, 2.24) is 9.80 Å². The Hall–Kier alpha value is -3.26. The van der Waals surface area contributed by atoms with Gasteiger partial charge in [-0.1, -0.05) is 6.07 Å². The number of urea groups is 1. The Labute approximate surface area is 192 Å². The molecule has 8 heteroatoms. The predicted molar refractivity (Wildman–Crippen MR) is 121 cm³/mol. The van der Waals surface area contributed by atoms with Crippen LogP contribution >= 0.6 is 0 Å². The Bertz CT molecular complexity index is 1120. The fourth-order valence-corrected chi connectivity index (χ4v) is 5.59. The van der Waals surface area contributed by atoms with Crippen LogP contribution in [0.5, 0.6) is 17.2 Å². The first-order chi connectivity index (χ1) is 16.1. The Morgan fingerprint density at radius 2 is 1.94 bits per heavy atom. The second-order valence-corrected chi connectivity index (χ2v) is 9.17. The van der Waals surface area contributed by atoms with Gasteiger partial charge in [-0.15, -0.1) is 0 Å². The van der Waals surface area contributed by atoms with E-state index in [1.54, 1.807) is 25.3 Å². The zero-order chi connectivity index (χ0) is 22.5. The summed E-state index contributed by atoms with van der Waals surface area (Å²) in [5.74, 6) is 2.29. The van der Waals surface area contributed by atoms with E-state index in [9.17, 15) is 9.59 Å². The minimum atomic E-state index is -0.255. The topological polar surface area (TPSA) is 71.6 Å². The van der Waals surface area contributed by atoms with Crippen LogP contribution in [0.1, 0.15) is 30.0 Å². The van der Waals surface area contributed by atoms with E-state index in [-0.39, 0.29) is 31.2 Å². The SMILES string of the molecule is COc1ccc2c(c1)CCN1CC[C@@H](CN3C(=O)CN(c4ccc5c(c4)OCO5)C3=O)C[C@@H]21. The minimum absolute atomic E-state index is 0.0589. The highest BCUT2D eigenvalue weighted by atomic mass is 16.7. The molecule has 172 valence electrons. The van der Waals surface area contributed by atoms with Crippen LogP contribution in [0.2, 0.25) is 0 Å². The number of rotatable bonds is 4. The van der Waals surface area contributed by atoms with Gasteiger partial charge in [-0.2, -0.15) is 0 Å². The highest BCUT2D eigenvalue weighted by Gasteiger charge is 2.41. The maximum absolute atomic E-state index is 13.2. The molecular formula is C25H27N3O5. The molecule has 0 radical (unpaired) electrons. The normalized spacial score (nSPS) is 24.2. The molecule has 4 aliphatic rings. The van der Waals surface area contributed by atoms with Crippen molar-refractivity contribution in [3.05, 3.63) is 47.5 Å². The molecule has 4 heterocycles. The summed E-state index contributed by atoms with van der Waals surface area (Å²) in [6.07, 6.45) is 2.96. The highest BCUT2D eigenvalue weighted by molar-refractivity contribution is 6.12. The molecule has 8 nitrogen and oxygen atoms in total. The number of amides is 3. The molecule has 2 aromatic rings. The fraction of sp³-hybridized carbons (Fsp3) is 0.440. The van der Waals surface area contributed by atoms with E-state index in [1.807, 2.05) is 6.07 Å². The van der Waals surface area contributed by atoms with Crippen molar-refractivity contribution in [2.24, 2.45) is 5.92 Å². The molecule has 0 spiro atoms. The van der Waals surface area contributed by atoms with Crippen LogP contribution < -0.4 is 19.1 Å². The van der Waals surface area contributed by atoms with Gasteiger partial charge in [-0.05, 0) is 67.1 Å². The lowest BCUT2D eigenvalue weighted by atomic mass is 9.82. The van der Waals surface area contributed by atoms with Gasteiger partial charge in [-0.3, -0.25) is 19.5 Å². The second kappa shape index (κ2) is 7.95. The van der Waals surface area contributed by atoms with Gasteiger partial charge in [0.05, 0.1) is 7.11 Å². The third kappa shape index (κ3) is 3.49. The zero-order valence-electron chi connectivity index (χ0n) is 18.7. The molecule has 0 bridgehead atoms. The minimum Gasteiger partial charge on any atom is -0.497 e. The largest absolute Gasteiger partial charge is 0.497 e. The van der Waals surface area contributed by atoms with Crippen molar-refractivity contribution in [1.29, 1.82) is 0 Å². The number of fused-ring (bicyclic) bond motifs is 4. The Morgan fingerprint density at radius 3 is 2.82 bits per heavy atom. The molecule has 0 saturated carbocycles. The molecule has 6 rings (SSSR count). The summed E-state index contributed by atoms with van der Waals surface area (Å²) in [7, 11) is 1.70. The molecule has 0 N–H and O–H groups in total. The molecule has 4 aliphatic heterocycles. The number of hydrogen-bond donors (Lipinski definition) is 0. The van der Waals surface area contributed by atoms with E-state index in [1.165, 1.54) is 20.9 Å². The van der Waals surface area contributed by atoms with Crippen molar-refractivity contribution in [3.8, 4) is 17.2 Å². The van der Waals surface area contributed by atoms with Gasteiger partial charge in [0.25, 0.3) is 5.91 Å². The van der Waals surface area contributed by atoms with E-state index in [2.05, 4.69) is 17.0 Å². The molecule has 3 amide bonds. The summed E-state index contributed by atoms with van der Waals surface area (Å²) in [6.45, 7) is 2.73. The number of nitrogens with zero attached hydrogens (tertiary/aromatic N) is 3. The number of carbonyl (C=O) groups excluding carboxylic acids is 2. The first-order valence-electron chi connectivity index (χ1n) is 11.5. The first kappa shape index (κ1) is 20.4. The van der Waals surface area contributed by atoms with Crippen molar-refractivity contribution in [2.75, 3.05) is 45.0 Å². The summed E-state index contributed by atoms with van der Waals surface area (Å²) >= 11 is 0. The predicted octanol–water partition coefficient (Wildman–Crippen LogP) is 3.20. The molecule has 2 aromatic carbocycles. The molecule has 2 saturated heterocycles. The molecule has 2 atom stereocenters. The molecular weight excluding hydrogens is 422 g/mol. The summed E-state index contributed by atoms with van der Waals surface area (Å²) in [5.41, 5.74) is 3.36. The van der Waals surface area contributed by atoms with Gasteiger partial charge in [0.2, 0.25) is 6.79 Å². The number of ether oxygens (including phenoxy) is 3. The number of benzene rings is 2. The van der Waals surface area contributed by atoms with Crippen molar-refractivity contribution >= 4 is 17.6 Å². The molecule has 33 heavy (non-hydrogen) atoms. The van der Waals surface area contributed by atoms with E-state index < -0.39 is 0 Å². The van der Waals surface area contributed by atoms with Gasteiger partial charge in [0, 0.05) is 30.9 Å². The Morgan fingerprint density at radius 1 is 1.06 bits per heavy atom. The van der Waals surface area contributed by atoms with Crippen LogP contribution in [-0.2, 0) is 11.2 Å². The number of anilines is 1. The van der Waals surface area contributed by atoms with Crippen molar-refractivity contribution in [2.45, 2.75) is 25.3 Å². The van der Waals surface area contributed by atoms with Crippen LogP contribution in [0.15, 0.2) is 36.4 Å². The first-order valence-corrected chi connectivity index (χ1v) is 11.5. The van der Waals surface area contributed by atoms with Crippen LogP contribution in [-0.4, -0.2) is 61.8 Å². The highest BCUT2D eigenvalue weighted by Crippen LogP contribution is 2.41. The van der Waals surface area contributed by atoms with E-state index in [4.69, 9.17) is 14.2 Å². The molecule has 0 unspecified atom stereocenters. The summed E-state index contributed by atoms with van der Waals surface area (Å²) in [5, 5.41) is 0. The van der Waals surface area contributed by atoms with Crippen molar-refractivity contribution < 1.29 is 23.8 Å². The standard InChI is InChI=1S/C25H27N3O5/c1-31-19-3-4-20-17(11-19)7-9-26-8-6-16(10-21(20)26)13-28-24(29)14-27(25(28)30)18-2-5-22-23(12-18)33-15-32-22/h2-5,11-12,16,21H,6-10,13-15H2,1H3/t16-,21+/m1/s1. The monoisotopic (exact) mass is 449 g/mol. The van der Waals surface area contributed by atoms with Crippen molar-refractivity contribution in [3.63, 3.8) is 0 Å². The summed E-state index contributed by atoms with van der Waals surface area (Å²) in [6, 6.07) is 11.8. The molecule has 2 fully saturated rings. The number of piperidine rings is 1. The smallest absolute Gasteiger partial charge is 0.331 e. The number of carbonyl (C=O) groups is 2. The lowest BCUT2D eigenvalue weighted by molar-refractivity contribution is -0.125. The van der Waals surface area contributed by atoms with Gasteiger partial charge >= 0.3 is 6.03 Å². The fourth-order valence-electron chi connectivity index (χ4n) is 5.59. The summed E-state index contributed by atoms with van der Waals surface area (Å²) in [4.78, 5) is 31.5. The van der Waals surface area contributed by atoms with Gasteiger partial charge in [-0.25, -0.2) is 4.79 Å². The third-order valence-electron chi connectivity index (χ3n) is 7.36.